The Labute approximate surface area is 123 Å². The van der Waals surface area contributed by atoms with Gasteiger partial charge in [-0.1, -0.05) is 32.4 Å². The number of hydrogen-bond donors (Lipinski definition) is 1. The summed E-state index contributed by atoms with van der Waals surface area (Å²) in [5.41, 5.74) is 7.24. The smallest absolute Gasteiger partial charge is 0.201 e. The third-order valence-electron chi connectivity index (χ3n) is 3.29. The van der Waals surface area contributed by atoms with E-state index in [2.05, 4.69) is 39.6 Å². The average molecular weight is 298 g/mol. The Hall–Kier alpha value is -1.29. The molecule has 2 rings (SSSR count). The molecule has 0 atom stereocenters. The van der Waals surface area contributed by atoms with Gasteiger partial charge in [-0.15, -0.1) is 0 Å². The molecule has 0 aliphatic heterocycles. The Kier molecular flexibility index (Phi) is 3.49. The molecular formula is C15H21ClFN3. The van der Waals surface area contributed by atoms with Crippen molar-refractivity contribution in [2.75, 3.05) is 5.73 Å². The second kappa shape index (κ2) is 4.62. The molecule has 20 heavy (non-hydrogen) atoms. The molecule has 0 fully saturated rings. The van der Waals surface area contributed by atoms with Crippen LogP contribution >= 0.6 is 11.6 Å². The number of benzene rings is 1. The fourth-order valence-electron chi connectivity index (χ4n) is 3.10. The van der Waals surface area contributed by atoms with Crippen molar-refractivity contribution in [2.45, 2.75) is 46.6 Å². The maximum absolute atomic E-state index is 13.5. The number of hydrogen-bond acceptors (Lipinski definition) is 2. The lowest BCUT2D eigenvalue weighted by atomic mass is 9.81. The first kappa shape index (κ1) is 15.1. The fourth-order valence-corrected chi connectivity index (χ4v) is 3.26. The van der Waals surface area contributed by atoms with Crippen LogP contribution in [0.15, 0.2) is 12.1 Å². The Morgan fingerprint density at radius 1 is 1.25 bits per heavy atom. The molecule has 0 bridgehead atoms. The van der Waals surface area contributed by atoms with Gasteiger partial charge in [0.2, 0.25) is 5.95 Å². The quantitative estimate of drug-likeness (QED) is 0.881. The maximum atomic E-state index is 13.5. The third-order valence-corrected chi connectivity index (χ3v) is 3.58. The molecule has 0 amide bonds. The summed E-state index contributed by atoms with van der Waals surface area (Å²) in [6.07, 6.45) is 0.907. The van der Waals surface area contributed by atoms with Gasteiger partial charge >= 0.3 is 0 Å². The van der Waals surface area contributed by atoms with E-state index < -0.39 is 5.82 Å². The van der Waals surface area contributed by atoms with Gasteiger partial charge < -0.3 is 10.3 Å². The maximum Gasteiger partial charge on any atom is 0.201 e. The molecule has 0 spiro atoms. The van der Waals surface area contributed by atoms with Gasteiger partial charge in [0.05, 0.1) is 16.1 Å². The van der Waals surface area contributed by atoms with E-state index in [1.807, 2.05) is 4.57 Å². The van der Waals surface area contributed by atoms with E-state index in [1.165, 1.54) is 6.07 Å². The summed E-state index contributed by atoms with van der Waals surface area (Å²) in [6.45, 7) is 10.7. The molecule has 0 aliphatic rings. The summed E-state index contributed by atoms with van der Waals surface area (Å²) in [7, 11) is 0. The van der Waals surface area contributed by atoms with E-state index in [0.717, 1.165) is 11.9 Å². The van der Waals surface area contributed by atoms with E-state index in [4.69, 9.17) is 17.3 Å². The lowest BCUT2D eigenvalue weighted by Gasteiger charge is -2.34. The van der Waals surface area contributed by atoms with Crippen molar-refractivity contribution in [1.82, 2.24) is 9.55 Å². The van der Waals surface area contributed by atoms with E-state index in [0.29, 0.717) is 11.5 Å². The molecule has 110 valence electrons. The zero-order valence-corrected chi connectivity index (χ0v) is 13.3. The number of aromatic nitrogens is 2. The van der Waals surface area contributed by atoms with Gasteiger partial charge in [-0.05, 0) is 31.7 Å². The number of rotatable bonds is 2. The van der Waals surface area contributed by atoms with Crippen molar-refractivity contribution in [1.29, 1.82) is 0 Å². The number of nitrogens with zero attached hydrogens (tertiary/aromatic N) is 2. The average Bonchev–Trinajstić information content (AvgIpc) is 2.51. The number of nitrogens with two attached hydrogens (primary N) is 1. The SMILES string of the molecule is CC(C)(C)CC(C)(C)n1c(N)nc2cc(F)c(Cl)cc21. The van der Waals surface area contributed by atoms with Crippen molar-refractivity contribution in [3.8, 4) is 0 Å². The monoisotopic (exact) mass is 297 g/mol. The Bertz CT molecular complexity index is 653. The lowest BCUT2D eigenvalue weighted by Crippen LogP contribution is -2.32. The zero-order valence-electron chi connectivity index (χ0n) is 12.6. The van der Waals surface area contributed by atoms with Crippen LogP contribution < -0.4 is 5.73 Å². The minimum Gasteiger partial charge on any atom is -0.369 e. The Morgan fingerprint density at radius 3 is 2.40 bits per heavy atom. The first-order valence-electron chi connectivity index (χ1n) is 6.65. The van der Waals surface area contributed by atoms with Crippen LogP contribution in [0, 0.1) is 11.2 Å². The van der Waals surface area contributed by atoms with Crippen molar-refractivity contribution in [2.24, 2.45) is 5.41 Å². The number of fused-ring (bicyclic) bond motifs is 1. The second-order valence-corrected chi connectivity index (χ2v) is 7.52. The molecule has 0 radical (unpaired) electrons. The first-order chi connectivity index (χ1) is 9.01. The largest absolute Gasteiger partial charge is 0.369 e. The van der Waals surface area contributed by atoms with Crippen molar-refractivity contribution >= 4 is 28.6 Å². The van der Waals surface area contributed by atoms with Gasteiger partial charge in [-0.3, -0.25) is 0 Å². The Balaban J connectivity index is 2.64. The summed E-state index contributed by atoms with van der Waals surface area (Å²) >= 11 is 5.90. The molecule has 3 nitrogen and oxygen atoms in total. The molecule has 1 aromatic heterocycles. The number of imidazole rings is 1. The van der Waals surface area contributed by atoms with Gasteiger partial charge in [0.25, 0.3) is 0 Å². The van der Waals surface area contributed by atoms with Gasteiger partial charge in [0, 0.05) is 11.6 Å². The van der Waals surface area contributed by atoms with E-state index in [1.54, 1.807) is 6.07 Å². The minimum atomic E-state index is -0.475. The van der Waals surface area contributed by atoms with Gasteiger partial charge in [-0.25, -0.2) is 9.37 Å². The van der Waals surface area contributed by atoms with E-state index >= 15 is 0 Å². The van der Waals surface area contributed by atoms with Crippen molar-refractivity contribution in [3.63, 3.8) is 0 Å². The summed E-state index contributed by atoms with van der Waals surface area (Å²) in [5.74, 6) is -0.0895. The van der Waals surface area contributed by atoms with Crippen LogP contribution in [-0.2, 0) is 5.54 Å². The predicted octanol–water partition coefficient (Wildman–Crippen LogP) is 4.58. The molecule has 1 aromatic carbocycles. The van der Waals surface area contributed by atoms with E-state index in [-0.39, 0.29) is 16.0 Å². The third kappa shape index (κ3) is 2.75. The highest BCUT2D eigenvalue weighted by Gasteiger charge is 2.30. The van der Waals surface area contributed by atoms with Crippen LogP contribution in [0.25, 0.3) is 11.0 Å². The molecule has 0 unspecified atom stereocenters. The summed E-state index contributed by atoms with van der Waals surface area (Å²) in [4.78, 5) is 4.25. The Morgan fingerprint density at radius 2 is 1.85 bits per heavy atom. The first-order valence-corrected chi connectivity index (χ1v) is 7.02. The van der Waals surface area contributed by atoms with Crippen LogP contribution in [0.2, 0.25) is 5.02 Å². The molecule has 0 aliphatic carbocycles. The fraction of sp³-hybridized carbons (Fsp3) is 0.533. The normalized spacial score (nSPS) is 13.2. The molecular weight excluding hydrogens is 277 g/mol. The second-order valence-electron chi connectivity index (χ2n) is 7.11. The van der Waals surface area contributed by atoms with Gasteiger partial charge in [0.15, 0.2) is 0 Å². The zero-order chi connectivity index (χ0) is 15.3. The van der Waals surface area contributed by atoms with E-state index in [9.17, 15) is 4.39 Å². The molecule has 2 N–H and O–H groups in total. The molecule has 2 aromatic rings. The highest BCUT2D eigenvalue weighted by atomic mass is 35.5. The molecule has 0 saturated heterocycles. The van der Waals surface area contributed by atoms with Gasteiger partial charge in [0.1, 0.15) is 5.82 Å². The number of halogens is 2. The standard InChI is InChI=1S/C15H21ClFN3/c1-14(2,3)8-15(4,5)20-12-6-9(16)10(17)7-11(12)19-13(20)18/h6-7H,8H2,1-5H3,(H2,18,19). The van der Waals surface area contributed by atoms with Crippen LogP contribution in [0.1, 0.15) is 41.0 Å². The lowest BCUT2D eigenvalue weighted by molar-refractivity contribution is 0.222. The molecule has 1 heterocycles. The van der Waals surface area contributed by atoms with Crippen LogP contribution in [0.5, 0.6) is 0 Å². The van der Waals surface area contributed by atoms with Crippen molar-refractivity contribution in [3.05, 3.63) is 23.0 Å². The highest BCUT2D eigenvalue weighted by Crippen LogP contribution is 2.37. The molecule has 5 heteroatoms. The van der Waals surface area contributed by atoms with Gasteiger partial charge in [-0.2, -0.15) is 0 Å². The summed E-state index contributed by atoms with van der Waals surface area (Å²) in [5, 5.41) is 0.0882. The van der Waals surface area contributed by atoms with Crippen LogP contribution in [-0.4, -0.2) is 9.55 Å². The van der Waals surface area contributed by atoms with Crippen LogP contribution in [0.4, 0.5) is 10.3 Å². The molecule has 0 saturated carbocycles. The van der Waals surface area contributed by atoms with Crippen molar-refractivity contribution < 1.29 is 4.39 Å². The summed E-state index contributed by atoms with van der Waals surface area (Å²) < 4.78 is 15.5. The number of anilines is 1. The van der Waals surface area contributed by atoms with Crippen LogP contribution in [0.3, 0.4) is 0 Å². The number of nitrogen functional groups attached to an aromatic ring is 1. The summed E-state index contributed by atoms with van der Waals surface area (Å²) in [6, 6.07) is 2.93. The minimum absolute atomic E-state index is 0.0882. The highest BCUT2D eigenvalue weighted by molar-refractivity contribution is 6.31. The topological polar surface area (TPSA) is 43.8 Å². The predicted molar refractivity (Wildman–Crippen MR) is 82.5 cm³/mol.